The van der Waals surface area contributed by atoms with E-state index in [9.17, 15) is 4.79 Å². The summed E-state index contributed by atoms with van der Waals surface area (Å²) in [6.45, 7) is 5.44. The van der Waals surface area contributed by atoms with Crippen LogP contribution >= 0.6 is 0 Å². The standard InChI is InChI=1S/C13H12O2/c1-3-5-10-6-4-7-11-8-9(2)13(14)15-12(10)11/h3-4,6-8H,1,5H2,2H3. The van der Waals surface area contributed by atoms with E-state index in [-0.39, 0.29) is 5.63 Å². The molecule has 0 N–H and O–H groups in total. The maximum absolute atomic E-state index is 11.4. The van der Waals surface area contributed by atoms with Gasteiger partial charge in [0.2, 0.25) is 0 Å². The summed E-state index contributed by atoms with van der Waals surface area (Å²) in [7, 11) is 0. The molecule has 1 aromatic heterocycles. The molecule has 76 valence electrons. The van der Waals surface area contributed by atoms with E-state index >= 15 is 0 Å². The predicted octanol–water partition coefficient (Wildman–Crippen LogP) is 2.83. The Balaban J connectivity index is 2.79. The number of rotatable bonds is 2. The number of aryl methyl sites for hydroxylation is 1. The molecule has 0 atom stereocenters. The third-order valence-corrected chi connectivity index (χ3v) is 2.38. The molecule has 0 radical (unpaired) electrons. The predicted molar refractivity (Wildman–Crippen MR) is 61.1 cm³/mol. The van der Waals surface area contributed by atoms with E-state index < -0.39 is 0 Å². The quantitative estimate of drug-likeness (QED) is 0.551. The van der Waals surface area contributed by atoms with Crippen molar-refractivity contribution in [1.29, 1.82) is 0 Å². The third kappa shape index (κ3) is 1.71. The molecule has 0 bridgehead atoms. The molecular weight excluding hydrogens is 188 g/mol. The molecule has 0 amide bonds. The minimum absolute atomic E-state index is 0.265. The minimum atomic E-state index is -0.265. The van der Waals surface area contributed by atoms with Crippen LogP contribution in [0.1, 0.15) is 11.1 Å². The van der Waals surface area contributed by atoms with Gasteiger partial charge in [-0.2, -0.15) is 0 Å². The summed E-state index contributed by atoms with van der Waals surface area (Å²) in [5, 5.41) is 0.964. The largest absolute Gasteiger partial charge is 0.422 e. The molecule has 0 saturated heterocycles. The Kier molecular flexibility index (Phi) is 2.42. The minimum Gasteiger partial charge on any atom is -0.422 e. The maximum Gasteiger partial charge on any atom is 0.339 e. The lowest BCUT2D eigenvalue weighted by Crippen LogP contribution is -2.02. The van der Waals surface area contributed by atoms with Crippen LogP contribution in [0, 0.1) is 6.92 Å². The first kappa shape index (κ1) is 9.71. The first-order valence-corrected chi connectivity index (χ1v) is 4.85. The second kappa shape index (κ2) is 3.73. The van der Waals surface area contributed by atoms with E-state index in [1.165, 1.54) is 0 Å². The topological polar surface area (TPSA) is 30.2 Å². The summed E-state index contributed by atoms with van der Waals surface area (Å²) in [6.07, 6.45) is 2.51. The summed E-state index contributed by atoms with van der Waals surface area (Å²) < 4.78 is 5.27. The lowest BCUT2D eigenvalue weighted by Gasteiger charge is -2.02. The fraction of sp³-hybridized carbons (Fsp3) is 0.154. The zero-order valence-electron chi connectivity index (χ0n) is 8.62. The Bertz CT molecular complexity index is 564. The summed E-state index contributed by atoms with van der Waals surface area (Å²) in [5.74, 6) is 0. The van der Waals surface area contributed by atoms with Crippen LogP contribution in [0.3, 0.4) is 0 Å². The Labute approximate surface area is 87.8 Å². The van der Waals surface area contributed by atoms with Crippen molar-refractivity contribution < 1.29 is 4.42 Å². The highest BCUT2D eigenvalue weighted by Gasteiger charge is 2.04. The smallest absolute Gasteiger partial charge is 0.339 e. The number of hydrogen-bond donors (Lipinski definition) is 0. The zero-order valence-corrected chi connectivity index (χ0v) is 8.62. The van der Waals surface area contributed by atoms with Crippen LogP contribution in [0.15, 0.2) is 46.1 Å². The van der Waals surface area contributed by atoms with Gasteiger partial charge in [0.05, 0.1) is 0 Å². The normalized spacial score (nSPS) is 10.5. The third-order valence-electron chi connectivity index (χ3n) is 2.38. The van der Waals surface area contributed by atoms with E-state index in [0.717, 1.165) is 10.9 Å². The number of hydrogen-bond acceptors (Lipinski definition) is 2. The van der Waals surface area contributed by atoms with Crippen molar-refractivity contribution in [2.45, 2.75) is 13.3 Å². The summed E-state index contributed by atoms with van der Waals surface area (Å²) in [4.78, 5) is 11.4. The fourth-order valence-corrected chi connectivity index (χ4v) is 1.62. The van der Waals surface area contributed by atoms with Crippen molar-refractivity contribution in [3.05, 3.63) is 58.5 Å². The van der Waals surface area contributed by atoms with Gasteiger partial charge in [0, 0.05) is 10.9 Å². The molecule has 2 nitrogen and oxygen atoms in total. The van der Waals surface area contributed by atoms with Gasteiger partial charge in [-0.05, 0) is 25.0 Å². The number of para-hydroxylation sites is 1. The van der Waals surface area contributed by atoms with Gasteiger partial charge in [0.15, 0.2) is 0 Å². The van der Waals surface area contributed by atoms with Gasteiger partial charge in [-0.1, -0.05) is 24.3 Å². The van der Waals surface area contributed by atoms with Gasteiger partial charge in [0.25, 0.3) is 0 Å². The van der Waals surface area contributed by atoms with Crippen molar-refractivity contribution in [2.75, 3.05) is 0 Å². The molecular formula is C13H12O2. The van der Waals surface area contributed by atoms with Crippen LogP contribution in [0.5, 0.6) is 0 Å². The summed E-state index contributed by atoms with van der Waals surface area (Å²) >= 11 is 0. The monoisotopic (exact) mass is 200 g/mol. The SMILES string of the molecule is C=CCc1cccc2cc(C)c(=O)oc12. The molecule has 0 unspecified atom stereocenters. The van der Waals surface area contributed by atoms with Crippen molar-refractivity contribution in [3.63, 3.8) is 0 Å². The molecule has 0 fully saturated rings. The summed E-state index contributed by atoms with van der Waals surface area (Å²) in [5.41, 5.74) is 2.05. The van der Waals surface area contributed by atoms with Crippen LogP contribution in [0.25, 0.3) is 11.0 Å². The molecule has 15 heavy (non-hydrogen) atoms. The van der Waals surface area contributed by atoms with Crippen molar-refractivity contribution in [1.82, 2.24) is 0 Å². The van der Waals surface area contributed by atoms with Gasteiger partial charge in [-0.15, -0.1) is 6.58 Å². The first-order valence-electron chi connectivity index (χ1n) is 4.85. The van der Waals surface area contributed by atoms with Gasteiger partial charge in [-0.25, -0.2) is 4.79 Å². The van der Waals surface area contributed by atoms with Crippen molar-refractivity contribution >= 4 is 11.0 Å². The molecule has 1 aromatic carbocycles. The van der Waals surface area contributed by atoms with Crippen LogP contribution in [-0.2, 0) is 6.42 Å². The Hall–Kier alpha value is -1.83. The average Bonchev–Trinajstić information content (AvgIpc) is 2.21. The van der Waals surface area contributed by atoms with Gasteiger partial charge >= 0.3 is 5.63 Å². The summed E-state index contributed by atoms with van der Waals surface area (Å²) in [6, 6.07) is 7.70. The van der Waals surface area contributed by atoms with Crippen LogP contribution in [0.2, 0.25) is 0 Å². The van der Waals surface area contributed by atoms with Crippen molar-refractivity contribution in [3.8, 4) is 0 Å². The van der Waals surface area contributed by atoms with Gasteiger partial charge in [0.1, 0.15) is 5.58 Å². The molecule has 0 spiro atoms. The number of fused-ring (bicyclic) bond motifs is 1. The highest BCUT2D eigenvalue weighted by Crippen LogP contribution is 2.18. The van der Waals surface area contributed by atoms with E-state index in [4.69, 9.17) is 4.42 Å². The Morgan fingerprint density at radius 3 is 3.00 bits per heavy atom. The first-order chi connectivity index (χ1) is 7.22. The van der Waals surface area contributed by atoms with Crippen LogP contribution < -0.4 is 5.63 Å². The maximum atomic E-state index is 11.4. The Morgan fingerprint density at radius 2 is 2.27 bits per heavy atom. The molecule has 0 aliphatic heterocycles. The number of benzene rings is 1. The highest BCUT2D eigenvalue weighted by atomic mass is 16.4. The zero-order chi connectivity index (χ0) is 10.8. The molecule has 1 heterocycles. The molecule has 0 saturated carbocycles. The second-order valence-corrected chi connectivity index (χ2v) is 3.55. The fourth-order valence-electron chi connectivity index (χ4n) is 1.62. The highest BCUT2D eigenvalue weighted by molar-refractivity contribution is 5.80. The molecule has 0 aliphatic carbocycles. The lowest BCUT2D eigenvalue weighted by atomic mass is 10.1. The molecule has 2 heteroatoms. The molecule has 2 aromatic rings. The van der Waals surface area contributed by atoms with Gasteiger partial charge < -0.3 is 4.42 Å². The lowest BCUT2D eigenvalue weighted by molar-refractivity contribution is 0.552. The van der Waals surface area contributed by atoms with Gasteiger partial charge in [-0.3, -0.25) is 0 Å². The second-order valence-electron chi connectivity index (χ2n) is 3.55. The Morgan fingerprint density at radius 1 is 1.47 bits per heavy atom. The average molecular weight is 200 g/mol. The van der Waals surface area contributed by atoms with E-state index in [1.54, 1.807) is 13.0 Å². The number of allylic oxidation sites excluding steroid dienone is 1. The van der Waals surface area contributed by atoms with E-state index in [1.807, 2.05) is 24.3 Å². The van der Waals surface area contributed by atoms with Crippen LogP contribution in [-0.4, -0.2) is 0 Å². The molecule has 2 rings (SSSR count). The van der Waals surface area contributed by atoms with E-state index in [0.29, 0.717) is 17.6 Å². The molecule has 0 aliphatic rings. The van der Waals surface area contributed by atoms with Crippen molar-refractivity contribution in [2.24, 2.45) is 0 Å². The van der Waals surface area contributed by atoms with Crippen LogP contribution in [0.4, 0.5) is 0 Å². The van der Waals surface area contributed by atoms with E-state index in [2.05, 4.69) is 6.58 Å².